The molecule has 0 bridgehead atoms. The summed E-state index contributed by atoms with van der Waals surface area (Å²) in [6.45, 7) is 5.13. The van der Waals surface area contributed by atoms with Crippen molar-refractivity contribution in [1.82, 2.24) is 10.3 Å². The first-order valence-corrected chi connectivity index (χ1v) is 4.69. The van der Waals surface area contributed by atoms with Crippen LogP contribution in [0.3, 0.4) is 0 Å². The molecule has 1 aromatic rings. The normalized spacial score (nSPS) is 10.5. The third-order valence-electron chi connectivity index (χ3n) is 1.55. The molecule has 0 aliphatic rings. The van der Waals surface area contributed by atoms with E-state index < -0.39 is 0 Å². The highest BCUT2D eigenvalue weighted by atomic mass is 32.1. The van der Waals surface area contributed by atoms with Gasteiger partial charge in [-0.2, -0.15) is 0 Å². The minimum atomic E-state index is 0.896. The molecule has 0 spiro atoms. The lowest BCUT2D eigenvalue weighted by Crippen LogP contribution is -2.06. The molecule has 11 heavy (non-hydrogen) atoms. The number of aromatic nitrogens is 1. The third kappa shape index (κ3) is 2.01. The van der Waals surface area contributed by atoms with E-state index in [0.29, 0.717) is 0 Å². The van der Waals surface area contributed by atoms with Gasteiger partial charge in [-0.25, -0.2) is 4.98 Å². The second kappa shape index (κ2) is 3.83. The SMILES string of the molecule is CCc1sc(C)nc1CNC. The van der Waals surface area contributed by atoms with E-state index in [2.05, 4.69) is 24.1 Å². The van der Waals surface area contributed by atoms with Crippen LogP contribution in [0.4, 0.5) is 0 Å². The van der Waals surface area contributed by atoms with Gasteiger partial charge >= 0.3 is 0 Å². The van der Waals surface area contributed by atoms with Crippen LogP contribution in [0, 0.1) is 6.92 Å². The molecule has 1 heterocycles. The van der Waals surface area contributed by atoms with Crippen molar-refractivity contribution >= 4 is 11.3 Å². The standard InChI is InChI=1S/C8H14N2S/c1-4-8-7(5-9-3)10-6(2)11-8/h9H,4-5H2,1-3H3. The van der Waals surface area contributed by atoms with Crippen LogP contribution in [0.1, 0.15) is 22.5 Å². The molecule has 0 unspecified atom stereocenters. The third-order valence-corrected chi connectivity index (χ3v) is 2.71. The molecule has 1 rings (SSSR count). The number of rotatable bonds is 3. The monoisotopic (exact) mass is 170 g/mol. The molecule has 2 nitrogen and oxygen atoms in total. The zero-order valence-electron chi connectivity index (χ0n) is 7.27. The molecular formula is C8H14N2S. The van der Waals surface area contributed by atoms with Crippen molar-refractivity contribution in [1.29, 1.82) is 0 Å². The topological polar surface area (TPSA) is 24.9 Å². The molecular weight excluding hydrogens is 156 g/mol. The van der Waals surface area contributed by atoms with E-state index in [4.69, 9.17) is 0 Å². The summed E-state index contributed by atoms with van der Waals surface area (Å²) in [7, 11) is 1.95. The van der Waals surface area contributed by atoms with Gasteiger partial charge in [0, 0.05) is 11.4 Å². The minimum absolute atomic E-state index is 0.896. The van der Waals surface area contributed by atoms with Gasteiger partial charge in [0.15, 0.2) is 0 Å². The Morgan fingerprint density at radius 1 is 1.55 bits per heavy atom. The Hall–Kier alpha value is -0.410. The summed E-state index contributed by atoms with van der Waals surface area (Å²) in [5, 5.41) is 4.29. The average molecular weight is 170 g/mol. The number of hydrogen-bond donors (Lipinski definition) is 1. The van der Waals surface area contributed by atoms with Crippen LogP contribution in [0.5, 0.6) is 0 Å². The average Bonchev–Trinajstić information content (AvgIpc) is 2.32. The predicted octanol–water partition coefficient (Wildman–Crippen LogP) is 1.73. The molecule has 0 saturated heterocycles. The number of aryl methyl sites for hydroxylation is 2. The van der Waals surface area contributed by atoms with Crippen LogP contribution in [-0.4, -0.2) is 12.0 Å². The van der Waals surface area contributed by atoms with Gasteiger partial charge in [-0.3, -0.25) is 0 Å². The fourth-order valence-corrected chi connectivity index (χ4v) is 1.99. The largest absolute Gasteiger partial charge is 0.314 e. The lowest BCUT2D eigenvalue weighted by molar-refractivity contribution is 0.785. The zero-order valence-corrected chi connectivity index (χ0v) is 8.09. The van der Waals surface area contributed by atoms with E-state index in [1.165, 1.54) is 15.6 Å². The quantitative estimate of drug-likeness (QED) is 0.747. The molecule has 0 saturated carbocycles. The highest BCUT2D eigenvalue weighted by molar-refractivity contribution is 7.11. The van der Waals surface area contributed by atoms with E-state index in [1.54, 1.807) is 11.3 Å². The van der Waals surface area contributed by atoms with Gasteiger partial charge in [-0.1, -0.05) is 6.92 Å². The van der Waals surface area contributed by atoms with E-state index in [9.17, 15) is 0 Å². The van der Waals surface area contributed by atoms with Crippen LogP contribution < -0.4 is 5.32 Å². The van der Waals surface area contributed by atoms with Gasteiger partial charge < -0.3 is 5.32 Å². The minimum Gasteiger partial charge on any atom is -0.314 e. The molecule has 3 heteroatoms. The van der Waals surface area contributed by atoms with Crippen molar-refractivity contribution in [3.63, 3.8) is 0 Å². The summed E-state index contributed by atoms with van der Waals surface area (Å²) in [5.41, 5.74) is 1.22. The summed E-state index contributed by atoms with van der Waals surface area (Å²) in [4.78, 5) is 5.84. The summed E-state index contributed by atoms with van der Waals surface area (Å²) in [6, 6.07) is 0. The Morgan fingerprint density at radius 2 is 2.27 bits per heavy atom. The van der Waals surface area contributed by atoms with Gasteiger partial charge in [-0.15, -0.1) is 11.3 Å². The first-order chi connectivity index (χ1) is 5.27. The molecule has 0 fully saturated rings. The van der Waals surface area contributed by atoms with Crippen molar-refractivity contribution in [3.8, 4) is 0 Å². The second-order valence-electron chi connectivity index (χ2n) is 2.49. The Bertz CT molecular complexity index is 230. The second-order valence-corrected chi connectivity index (χ2v) is 3.77. The van der Waals surface area contributed by atoms with Crippen molar-refractivity contribution in [2.45, 2.75) is 26.8 Å². The summed E-state index contributed by atoms with van der Waals surface area (Å²) in [5.74, 6) is 0. The zero-order chi connectivity index (χ0) is 8.27. The van der Waals surface area contributed by atoms with Gasteiger partial charge in [0.1, 0.15) is 0 Å². The molecule has 0 radical (unpaired) electrons. The van der Waals surface area contributed by atoms with Crippen LogP contribution in [0.15, 0.2) is 0 Å². The lowest BCUT2D eigenvalue weighted by atomic mass is 10.3. The van der Waals surface area contributed by atoms with Crippen LogP contribution in [0.25, 0.3) is 0 Å². The Labute approximate surface area is 71.7 Å². The molecule has 1 aromatic heterocycles. The smallest absolute Gasteiger partial charge is 0.0900 e. The maximum atomic E-state index is 4.43. The fourth-order valence-electron chi connectivity index (χ4n) is 1.09. The first-order valence-electron chi connectivity index (χ1n) is 3.87. The summed E-state index contributed by atoms with van der Waals surface area (Å²) >= 11 is 1.80. The molecule has 0 aliphatic carbocycles. The van der Waals surface area contributed by atoms with E-state index in [0.717, 1.165) is 13.0 Å². The number of nitrogens with zero attached hydrogens (tertiary/aromatic N) is 1. The van der Waals surface area contributed by atoms with Gasteiger partial charge in [0.05, 0.1) is 10.7 Å². The number of nitrogens with one attached hydrogen (secondary N) is 1. The maximum absolute atomic E-state index is 4.43. The molecule has 62 valence electrons. The van der Waals surface area contributed by atoms with Crippen LogP contribution >= 0.6 is 11.3 Å². The molecule has 0 amide bonds. The van der Waals surface area contributed by atoms with Crippen molar-refractivity contribution in [2.75, 3.05) is 7.05 Å². The summed E-state index contributed by atoms with van der Waals surface area (Å²) in [6.07, 6.45) is 1.10. The van der Waals surface area contributed by atoms with Crippen LogP contribution in [0.2, 0.25) is 0 Å². The Balaban J connectivity index is 2.83. The molecule has 0 aliphatic heterocycles. The highest BCUT2D eigenvalue weighted by Crippen LogP contribution is 2.17. The fraction of sp³-hybridized carbons (Fsp3) is 0.625. The Kier molecular flexibility index (Phi) is 3.02. The van der Waals surface area contributed by atoms with Crippen molar-refractivity contribution < 1.29 is 0 Å². The van der Waals surface area contributed by atoms with Gasteiger partial charge in [-0.05, 0) is 20.4 Å². The molecule has 1 N–H and O–H groups in total. The molecule has 0 atom stereocenters. The Morgan fingerprint density at radius 3 is 2.82 bits per heavy atom. The lowest BCUT2D eigenvalue weighted by Gasteiger charge is -1.96. The first kappa shape index (κ1) is 8.68. The van der Waals surface area contributed by atoms with E-state index in [1.807, 2.05) is 7.05 Å². The summed E-state index contributed by atoms with van der Waals surface area (Å²) < 4.78 is 0. The number of hydrogen-bond acceptors (Lipinski definition) is 3. The van der Waals surface area contributed by atoms with E-state index >= 15 is 0 Å². The van der Waals surface area contributed by atoms with Crippen LogP contribution in [-0.2, 0) is 13.0 Å². The van der Waals surface area contributed by atoms with E-state index in [-0.39, 0.29) is 0 Å². The predicted molar refractivity (Wildman–Crippen MR) is 49.0 cm³/mol. The van der Waals surface area contributed by atoms with Gasteiger partial charge in [0.2, 0.25) is 0 Å². The van der Waals surface area contributed by atoms with Crippen molar-refractivity contribution in [3.05, 3.63) is 15.6 Å². The highest BCUT2D eigenvalue weighted by Gasteiger charge is 2.04. The van der Waals surface area contributed by atoms with Crippen molar-refractivity contribution in [2.24, 2.45) is 0 Å². The number of thiazole rings is 1. The maximum Gasteiger partial charge on any atom is 0.0900 e. The van der Waals surface area contributed by atoms with Gasteiger partial charge in [0.25, 0.3) is 0 Å². The molecule has 0 aromatic carbocycles.